The van der Waals surface area contributed by atoms with Crippen molar-refractivity contribution in [3.8, 4) is 5.75 Å². The molecule has 1 N–H and O–H groups in total. The van der Waals surface area contributed by atoms with Gasteiger partial charge in [-0.3, -0.25) is 9.59 Å². The van der Waals surface area contributed by atoms with E-state index in [4.69, 9.17) is 4.74 Å². The lowest BCUT2D eigenvalue weighted by atomic mass is 9.95. The summed E-state index contributed by atoms with van der Waals surface area (Å²) in [7, 11) is 0. The van der Waals surface area contributed by atoms with Gasteiger partial charge in [-0.2, -0.15) is 0 Å². The summed E-state index contributed by atoms with van der Waals surface area (Å²) in [5, 5.41) is 3.06. The maximum atomic E-state index is 12.6. The van der Waals surface area contributed by atoms with Gasteiger partial charge in [-0.25, -0.2) is 0 Å². The van der Waals surface area contributed by atoms with Crippen molar-refractivity contribution in [3.63, 3.8) is 0 Å². The number of hydrogen-bond acceptors (Lipinski definition) is 3. The lowest BCUT2D eigenvalue weighted by Gasteiger charge is -2.31. The standard InChI is InChI=1S/C21H30N2O3/c1-3-4-13-26-18-7-8-19(15(2)14-18)22-20(24)16-9-11-23(12-10-16)21(25)17-5-6-17/h7-8,14,16-17H,3-6,9-13H2,1-2H3,(H,22,24). The van der Waals surface area contributed by atoms with Gasteiger partial charge in [0.1, 0.15) is 5.75 Å². The van der Waals surface area contributed by atoms with Crippen LogP contribution in [0.3, 0.4) is 0 Å². The van der Waals surface area contributed by atoms with E-state index in [2.05, 4.69) is 12.2 Å². The predicted molar refractivity (Wildman–Crippen MR) is 102 cm³/mol. The van der Waals surface area contributed by atoms with Gasteiger partial charge in [-0.1, -0.05) is 13.3 Å². The first-order valence-corrected chi connectivity index (χ1v) is 9.91. The minimum Gasteiger partial charge on any atom is -0.494 e. The van der Waals surface area contributed by atoms with Gasteiger partial charge in [0, 0.05) is 30.6 Å². The van der Waals surface area contributed by atoms with Gasteiger partial charge in [0.2, 0.25) is 11.8 Å². The van der Waals surface area contributed by atoms with Crippen LogP contribution >= 0.6 is 0 Å². The average molecular weight is 358 g/mol. The molecule has 0 aromatic heterocycles. The number of nitrogens with zero attached hydrogens (tertiary/aromatic N) is 1. The summed E-state index contributed by atoms with van der Waals surface area (Å²) in [6, 6.07) is 5.80. The molecule has 1 saturated heterocycles. The molecule has 2 fully saturated rings. The van der Waals surface area contributed by atoms with Gasteiger partial charge in [0.25, 0.3) is 0 Å². The molecule has 1 heterocycles. The van der Waals surface area contributed by atoms with Crippen molar-refractivity contribution in [3.05, 3.63) is 23.8 Å². The molecule has 2 aliphatic rings. The molecule has 5 heteroatoms. The van der Waals surface area contributed by atoms with Gasteiger partial charge in [0.05, 0.1) is 6.61 Å². The normalized spacial score (nSPS) is 17.8. The van der Waals surface area contributed by atoms with Crippen LogP contribution in [0.15, 0.2) is 18.2 Å². The van der Waals surface area contributed by atoms with Crippen molar-refractivity contribution in [1.29, 1.82) is 0 Å². The molecular formula is C21H30N2O3. The number of carbonyl (C=O) groups excluding carboxylic acids is 2. The number of aryl methyl sites for hydroxylation is 1. The molecule has 0 bridgehead atoms. The summed E-state index contributed by atoms with van der Waals surface area (Å²) in [6.45, 7) is 6.26. The number of amides is 2. The van der Waals surface area contributed by atoms with Crippen LogP contribution in [-0.4, -0.2) is 36.4 Å². The number of piperidine rings is 1. The number of anilines is 1. The number of rotatable bonds is 7. The zero-order valence-electron chi connectivity index (χ0n) is 15.9. The van der Waals surface area contributed by atoms with E-state index in [1.54, 1.807) is 0 Å². The molecule has 1 aromatic carbocycles. The van der Waals surface area contributed by atoms with Crippen molar-refractivity contribution in [2.24, 2.45) is 11.8 Å². The number of ether oxygens (including phenoxy) is 1. The van der Waals surface area contributed by atoms with Gasteiger partial charge in [0.15, 0.2) is 0 Å². The second kappa shape index (κ2) is 8.56. The average Bonchev–Trinajstić information content (AvgIpc) is 3.49. The highest BCUT2D eigenvalue weighted by molar-refractivity contribution is 5.93. The Hall–Kier alpha value is -2.04. The number of likely N-dealkylation sites (tertiary alicyclic amines) is 1. The third-order valence-electron chi connectivity index (χ3n) is 5.33. The van der Waals surface area contributed by atoms with Crippen LogP contribution in [0.25, 0.3) is 0 Å². The number of carbonyl (C=O) groups is 2. The van der Waals surface area contributed by atoms with Crippen LogP contribution in [0.5, 0.6) is 5.75 Å². The lowest BCUT2D eigenvalue weighted by molar-refractivity contribution is -0.135. The molecule has 1 aliphatic heterocycles. The zero-order chi connectivity index (χ0) is 18.5. The Kier molecular flexibility index (Phi) is 6.17. The molecule has 0 radical (unpaired) electrons. The fourth-order valence-corrected chi connectivity index (χ4v) is 3.39. The highest BCUT2D eigenvalue weighted by atomic mass is 16.5. The van der Waals surface area contributed by atoms with Crippen LogP contribution in [-0.2, 0) is 9.59 Å². The summed E-state index contributed by atoms with van der Waals surface area (Å²) < 4.78 is 5.71. The Labute approximate surface area is 156 Å². The smallest absolute Gasteiger partial charge is 0.227 e. The zero-order valence-corrected chi connectivity index (χ0v) is 15.9. The van der Waals surface area contributed by atoms with E-state index < -0.39 is 0 Å². The number of benzene rings is 1. The number of hydrogen-bond donors (Lipinski definition) is 1. The first-order valence-electron chi connectivity index (χ1n) is 9.91. The summed E-state index contributed by atoms with van der Waals surface area (Å²) >= 11 is 0. The van der Waals surface area contributed by atoms with Crippen LogP contribution < -0.4 is 10.1 Å². The molecule has 142 valence electrons. The minimum absolute atomic E-state index is 0.0156. The summed E-state index contributed by atoms with van der Waals surface area (Å²) in [5.41, 5.74) is 1.85. The Bertz CT molecular complexity index is 647. The Morgan fingerprint density at radius 3 is 2.50 bits per heavy atom. The molecule has 0 atom stereocenters. The molecular weight excluding hydrogens is 328 g/mol. The van der Waals surface area contributed by atoms with E-state index in [0.29, 0.717) is 19.0 Å². The third kappa shape index (κ3) is 4.77. The maximum absolute atomic E-state index is 12.6. The van der Waals surface area contributed by atoms with Gasteiger partial charge in [-0.15, -0.1) is 0 Å². The van der Waals surface area contributed by atoms with E-state index in [1.165, 1.54) is 0 Å². The third-order valence-corrected chi connectivity index (χ3v) is 5.33. The Morgan fingerprint density at radius 2 is 1.88 bits per heavy atom. The molecule has 5 nitrogen and oxygen atoms in total. The van der Waals surface area contributed by atoms with Gasteiger partial charge >= 0.3 is 0 Å². The molecule has 0 unspecified atom stereocenters. The number of unbranched alkanes of at least 4 members (excludes halogenated alkanes) is 1. The van der Waals surface area contributed by atoms with Crippen molar-refractivity contribution in [1.82, 2.24) is 4.90 Å². The second-order valence-corrected chi connectivity index (χ2v) is 7.54. The Morgan fingerprint density at radius 1 is 1.15 bits per heavy atom. The van der Waals surface area contributed by atoms with Gasteiger partial charge < -0.3 is 15.0 Å². The molecule has 2 amide bonds. The van der Waals surface area contributed by atoms with Crippen molar-refractivity contribution in [2.75, 3.05) is 25.0 Å². The van der Waals surface area contributed by atoms with E-state index in [1.807, 2.05) is 30.0 Å². The van der Waals surface area contributed by atoms with Crippen molar-refractivity contribution < 1.29 is 14.3 Å². The van der Waals surface area contributed by atoms with Crippen molar-refractivity contribution >= 4 is 17.5 Å². The van der Waals surface area contributed by atoms with E-state index >= 15 is 0 Å². The van der Waals surface area contributed by atoms with Crippen LogP contribution in [0.4, 0.5) is 5.69 Å². The molecule has 1 aliphatic carbocycles. The van der Waals surface area contributed by atoms with Crippen molar-refractivity contribution in [2.45, 2.75) is 52.4 Å². The summed E-state index contributed by atoms with van der Waals surface area (Å²) in [4.78, 5) is 26.6. The van der Waals surface area contributed by atoms with E-state index in [9.17, 15) is 9.59 Å². The quantitative estimate of drug-likeness (QED) is 0.755. The summed E-state index contributed by atoms with van der Waals surface area (Å²) in [5.74, 6) is 1.45. The lowest BCUT2D eigenvalue weighted by Crippen LogP contribution is -2.42. The number of nitrogens with one attached hydrogen (secondary N) is 1. The molecule has 3 rings (SSSR count). The van der Waals surface area contributed by atoms with Gasteiger partial charge in [-0.05, 0) is 62.8 Å². The molecule has 1 saturated carbocycles. The van der Waals surface area contributed by atoms with E-state index in [0.717, 1.165) is 62.1 Å². The highest BCUT2D eigenvalue weighted by Crippen LogP contribution is 2.32. The first-order chi connectivity index (χ1) is 12.6. The van der Waals surface area contributed by atoms with Crippen LogP contribution in [0.1, 0.15) is 51.0 Å². The Balaban J connectivity index is 1.49. The molecule has 26 heavy (non-hydrogen) atoms. The molecule has 1 aromatic rings. The first kappa shape index (κ1) is 18.7. The SMILES string of the molecule is CCCCOc1ccc(NC(=O)C2CCN(C(=O)C3CC3)CC2)c(C)c1. The molecule has 0 spiro atoms. The van der Waals surface area contributed by atoms with Crippen LogP contribution in [0, 0.1) is 18.8 Å². The summed E-state index contributed by atoms with van der Waals surface area (Å²) in [6.07, 6.45) is 5.73. The second-order valence-electron chi connectivity index (χ2n) is 7.54. The fraction of sp³-hybridized carbons (Fsp3) is 0.619. The largest absolute Gasteiger partial charge is 0.494 e. The van der Waals surface area contributed by atoms with E-state index in [-0.39, 0.29) is 17.7 Å². The maximum Gasteiger partial charge on any atom is 0.227 e. The monoisotopic (exact) mass is 358 g/mol. The fourth-order valence-electron chi connectivity index (χ4n) is 3.39. The highest BCUT2D eigenvalue weighted by Gasteiger charge is 2.35. The van der Waals surface area contributed by atoms with Crippen LogP contribution in [0.2, 0.25) is 0 Å². The predicted octanol–water partition coefficient (Wildman–Crippen LogP) is 3.76. The topological polar surface area (TPSA) is 58.6 Å². The minimum atomic E-state index is -0.0156.